The van der Waals surface area contributed by atoms with E-state index in [-0.39, 0.29) is 21.0 Å². The van der Waals surface area contributed by atoms with Gasteiger partial charge >= 0.3 is 0 Å². The number of halogens is 1. The predicted octanol–water partition coefficient (Wildman–Crippen LogP) is 3.37. The fourth-order valence-corrected chi connectivity index (χ4v) is 2.64. The van der Waals surface area contributed by atoms with E-state index >= 15 is 0 Å². The van der Waals surface area contributed by atoms with Crippen LogP contribution in [0.25, 0.3) is 6.08 Å². The zero-order chi connectivity index (χ0) is 9.26. The van der Waals surface area contributed by atoms with Crippen LogP contribution in [0.4, 0.5) is 5.69 Å². The Labute approximate surface area is 87.5 Å². The van der Waals surface area contributed by atoms with Gasteiger partial charge in [0.25, 0.3) is 0 Å². The third kappa shape index (κ3) is 1.67. The molecule has 0 radical (unpaired) electrons. The van der Waals surface area contributed by atoms with Crippen molar-refractivity contribution in [2.75, 3.05) is 0 Å². The molecule has 13 heavy (non-hydrogen) atoms. The Morgan fingerprint density at radius 1 is 1.31 bits per heavy atom. The highest BCUT2D eigenvalue weighted by Crippen LogP contribution is 2.34. The second kappa shape index (κ2) is 3.61. The lowest BCUT2D eigenvalue weighted by molar-refractivity contribution is 0.814. The average molecular weight is 287 g/mol. The van der Waals surface area contributed by atoms with E-state index < -0.39 is 0 Å². The molecule has 1 aliphatic heterocycles. The van der Waals surface area contributed by atoms with E-state index in [0.717, 1.165) is 17.1 Å². The van der Waals surface area contributed by atoms with Gasteiger partial charge in [-0.2, -0.15) is 0 Å². The first-order valence-electron chi connectivity index (χ1n) is 4.14. The molecule has 0 atom stereocenters. The Hall–Kier alpha value is -0.650. The fraction of sp³-hybridized carbons (Fsp3) is 0.333. The molecule has 1 aromatic heterocycles. The maximum atomic E-state index is 4.51. The molecule has 1 aliphatic rings. The van der Waals surface area contributed by atoms with Gasteiger partial charge in [-0.05, 0) is 16.1 Å². The smallest absolute Gasteiger partial charge is 0.117 e. The van der Waals surface area contributed by atoms with E-state index in [9.17, 15) is 0 Å². The van der Waals surface area contributed by atoms with Crippen molar-refractivity contribution in [3.8, 4) is 0 Å². The second-order valence-corrected chi connectivity index (χ2v) is 4.88. The van der Waals surface area contributed by atoms with E-state index in [4.69, 9.17) is 0 Å². The van der Waals surface area contributed by atoms with Crippen LogP contribution in [0.15, 0.2) is 13.6 Å². The van der Waals surface area contributed by atoms with Crippen LogP contribution in [0, 0.1) is 0 Å². The molecule has 0 saturated heterocycles. The highest BCUT2D eigenvalue weighted by molar-refractivity contribution is 14.2. The Kier molecular flexibility index (Phi) is 2.48. The van der Waals surface area contributed by atoms with E-state index in [2.05, 4.69) is 37.1 Å². The van der Waals surface area contributed by atoms with Crippen LogP contribution in [0.1, 0.15) is 31.2 Å². The van der Waals surface area contributed by atoms with Gasteiger partial charge in [0.2, 0.25) is 0 Å². The highest BCUT2D eigenvalue weighted by atomic mass is 127. The van der Waals surface area contributed by atoms with Crippen LogP contribution in [0.5, 0.6) is 0 Å². The number of fused-ring (bicyclic) bond motifs is 1. The van der Waals surface area contributed by atoms with Crippen molar-refractivity contribution in [1.82, 2.24) is 9.97 Å². The molecule has 0 saturated carbocycles. The molecule has 0 unspecified atom stereocenters. The summed E-state index contributed by atoms with van der Waals surface area (Å²) >= 11 is -0.152. The fourth-order valence-electron chi connectivity index (χ4n) is 1.20. The van der Waals surface area contributed by atoms with E-state index in [1.165, 1.54) is 0 Å². The standard InChI is InChI=1S/C9H10IN3/c1-6(2)8-9-7(11-5-12-8)3-4-10-13-9/h3-6H,1-2H3. The first kappa shape index (κ1) is 8.93. The summed E-state index contributed by atoms with van der Waals surface area (Å²) < 4.78 is 6.64. The molecular weight excluding hydrogens is 277 g/mol. The summed E-state index contributed by atoms with van der Waals surface area (Å²) in [6.07, 6.45) is 3.68. The lowest BCUT2D eigenvalue weighted by Crippen LogP contribution is -1.97. The van der Waals surface area contributed by atoms with Gasteiger partial charge in [0, 0.05) is 21.0 Å². The van der Waals surface area contributed by atoms with E-state index in [0.29, 0.717) is 5.92 Å². The van der Waals surface area contributed by atoms with Crippen LogP contribution in [-0.2, 0) is 0 Å². The third-order valence-corrected chi connectivity index (χ3v) is 3.28. The summed E-state index contributed by atoms with van der Waals surface area (Å²) in [6.45, 7) is 4.27. The number of aromatic nitrogens is 2. The SMILES string of the molecule is CC(C)c1ncnc2c1N=IC=C2. The summed E-state index contributed by atoms with van der Waals surface area (Å²) in [5.74, 6) is 0.427. The molecular formula is C9H10IN3. The molecule has 4 heteroatoms. The maximum absolute atomic E-state index is 4.51. The molecule has 0 aliphatic carbocycles. The topological polar surface area (TPSA) is 38.1 Å². The van der Waals surface area contributed by atoms with Gasteiger partial charge in [-0.25, -0.2) is 13.1 Å². The minimum atomic E-state index is -0.152. The summed E-state index contributed by atoms with van der Waals surface area (Å²) in [4.78, 5) is 8.46. The van der Waals surface area contributed by atoms with Gasteiger partial charge in [0.15, 0.2) is 0 Å². The molecule has 0 fully saturated rings. The largest absolute Gasteiger partial charge is 0.239 e. The van der Waals surface area contributed by atoms with Gasteiger partial charge in [-0.1, -0.05) is 13.8 Å². The summed E-state index contributed by atoms with van der Waals surface area (Å²) in [5, 5.41) is 0. The first-order chi connectivity index (χ1) is 6.29. The zero-order valence-electron chi connectivity index (χ0n) is 7.53. The lowest BCUT2D eigenvalue weighted by Gasteiger charge is -2.10. The van der Waals surface area contributed by atoms with Crippen LogP contribution < -0.4 is 0 Å². The minimum absolute atomic E-state index is 0.152. The molecule has 0 spiro atoms. The van der Waals surface area contributed by atoms with E-state index in [1.54, 1.807) is 6.33 Å². The van der Waals surface area contributed by atoms with Crippen molar-refractivity contribution >= 4 is 32.8 Å². The van der Waals surface area contributed by atoms with Crippen molar-refractivity contribution in [3.63, 3.8) is 0 Å². The van der Waals surface area contributed by atoms with Crippen molar-refractivity contribution in [2.45, 2.75) is 19.8 Å². The van der Waals surface area contributed by atoms with E-state index in [1.807, 2.05) is 0 Å². The first-order valence-corrected chi connectivity index (χ1v) is 6.35. The average Bonchev–Trinajstić information content (AvgIpc) is 2.17. The summed E-state index contributed by atoms with van der Waals surface area (Å²) in [6, 6.07) is 0. The Bertz CT molecular complexity index is 382. The molecule has 0 bridgehead atoms. The van der Waals surface area contributed by atoms with Crippen LogP contribution >= 0.6 is 21.0 Å². The molecule has 1 aromatic rings. The Morgan fingerprint density at radius 3 is 2.92 bits per heavy atom. The van der Waals surface area contributed by atoms with Crippen LogP contribution in [0.2, 0.25) is 0 Å². The van der Waals surface area contributed by atoms with Gasteiger partial charge in [-0.3, -0.25) is 0 Å². The Balaban J connectivity index is 2.60. The molecule has 0 N–H and O–H groups in total. The molecule has 0 aromatic carbocycles. The minimum Gasteiger partial charge on any atom is -0.239 e. The van der Waals surface area contributed by atoms with Gasteiger partial charge in [-0.15, -0.1) is 0 Å². The number of hydrogen-bond donors (Lipinski definition) is 0. The van der Waals surface area contributed by atoms with Gasteiger partial charge in [0.1, 0.15) is 12.0 Å². The van der Waals surface area contributed by atoms with Crippen molar-refractivity contribution in [1.29, 1.82) is 0 Å². The number of nitrogens with zero attached hydrogens (tertiary/aromatic N) is 3. The van der Waals surface area contributed by atoms with Crippen molar-refractivity contribution in [2.24, 2.45) is 3.15 Å². The number of hydrogen-bond acceptors (Lipinski definition) is 3. The van der Waals surface area contributed by atoms with Crippen LogP contribution in [-0.4, -0.2) is 9.97 Å². The molecule has 2 heterocycles. The third-order valence-electron chi connectivity index (χ3n) is 1.84. The van der Waals surface area contributed by atoms with Crippen molar-refractivity contribution in [3.05, 3.63) is 21.8 Å². The Morgan fingerprint density at radius 2 is 2.15 bits per heavy atom. The predicted molar refractivity (Wildman–Crippen MR) is 61.3 cm³/mol. The molecule has 0 amide bonds. The zero-order valence-corrected chi connectivity index (χ0v) is 9.69. The molecule has 68 valence electrons. The van der Waals surface area contributed by atoms with Gasteiger partial charge < -0.3 is 0 Å². The molecule has 2 rings (SSSR count). The quantitative estimate of drug-likeness (QED) is 0.743. The second-order valence-electron chi connectivity index (χ2n) is 3.12. The number of rotatable bonds is 1. The van der Waals surface area contributed by atoms with Crippen LogP contribution in [0.3, 0.4) is 0 Å². The van der Waals surface area contributed by atoms with Gasteiger partial charge in [0.05, 0.1) is 11.4 Å². The van der Waals surface area contributed by atoms with Crippen molar-refractivity contribution < 1.29 is 0 Å². The lowest BCUT2D eigenvalue weighted by atomic mass is 10.1. The maximum Gasteiger partial charge on any atom is 0.117 e. The summed E-state index contributed by atoms with van der Waals surface area (Å²) in [5.41, 5.74) is 3.08. The monoisotopic (exact) mass is 287 g/mol. The molecule has 3 nitrogen and oxygen atoms in total. The highest BCUT2D eigenvalue weighted by Gasteiger charge is 2.12. The normalized spacial score (nSPS) is 14.1. The summed E-state index contributed by atoms with van der Waals surface area (Å²) in [7, 11) is 0.